The predicted octanol–water partition coefficient (Wildman–Crippen LogP) is 2.39. The van der Waals surface area contributed by atoms with Gasteiger partial charge in [0.25, 0.3) is 0 Å². The zero-order valence-electron chi connectivity index (χ0n) is 9.16. The summed E-state index contributed by atoms with van der Waals surface area (Å²) in [6, 6.07) is 7.58. The standard InChI is InChI=1S/C12H15BrN2O/c1-8-5-11(14-7-8)12(16)15-10-4-2-3-9(13)6-10/h2-4,6,8,11,14H,5,7H2,1H3,(H,15,16)/t8?,11-/m0/s1. The molecule has 1 amide bonds. The Morgan fingerprint density at radius 1 is 1.56 bits per heavy atom. The molecule has 2 atom stereocenters. The van der Waals surface area contributed by atoms with Crippen LogP contribution in [-0.4, -0.2) is 18.5 Å². The quantitative estimate of drug-likeness (QED) is 0.875. The molecule has 4 heteroatoms. The van der Waals surface area contributed by atoms with Gasteiger partial charge in [0.15, 0.2) is 0 Å². The third kappa shape index (κ3) is 2.83. The van der Waals surface area contributed by atoms with Crippen molar-refractivity contribution in [3.63, 3.8) is 0 Å². The number of carbonyl (C=O) groups excluding carboxylic acids is 1. The summed E-state index contributed by atoms with van der Waals surface area (Å²) in [6.07, 6.45) is 0.917. The highest BCUT2D eigenvalue weighted by Crippen LogP contribution is 2.18. The van der Waals surface area contributed by atoms with Crippen molar-refractivity contribution in [3.8, 4) is 0 Å². The molecule has 1 aliphatic rings. The molecule has 0 radical (unpaired) electrons. The van der Waals surface area contributed by atoms with E-state index in [4.69, 9.17) is 0 Å². The van der Waals surface area contributed by atoms with Gasteiger partial charge >= 0.3 is 0 Å². The first-order valence-corrected chi connectivity index (χ1v) is 6.24. The minimum absolute atomic E-state index is 0.0472. The Hall–Kier alpha value is -0.870. The molecule has 1 saturated heterocycles. The number of halogens is 1. The van der Waals surface area contributed by atoms with Gasteiger partial charge in [0.2, 0.25) is 5.91 Å². The van der Waals surface area contributed by atoms with Gasteiger partial charge in [-0.3, -0.25) is 4.79 Å². The van der Waals surface area contributed by atoms with Gasteiger partial charge in [0.05, 0.1) is 6.04 Å². The molecule has 16 heavy (non-hydrogen) atoms. The van der Waals surface area contributed by atoms with Crippen LogP contribution in [0.4, 0.5) is 5.69 Å². The summed E-state index contributed by atoms with van der Waals surface area (Å²) < 4.78 is 0.970. The third-order valence-corrected chi connectivity index (χ3v) is 3.25. The number of nitrogens with one attached hydrogen (secondary N) is 2. The molecule has 1 aromatic rings. The van der Waals surface area contributed by atoms with Crippen LogP contribution in [0.25, 0.3) is 0 Å². The maximum atomic E-state index is 11.9. The van der Waals surface area contributed by atoms with E-state index in [0.29, 0.717) is 5.92 Å². The van der Waals surface area contributed by atoms with Crippen molar-refractivity contribution in [3.05, 3.63) is 28.7 Å². The van der Waals surface area contributed by atoms with Crippen molar-refractivity contribution >= 4 is 27.5 Å². The molecule has 2 rings (SSSR count). The summed E-state index contributed by atoms with van der Waals surface area (Å²) in [6.45, 7) is 3.08. The monoisotopic (exact) mass is 282 g/mol. The van der Waals surface area contributed by atoms with Crippen molar-refractivity contribution in [2.45, 2.75) is 19.4 Å². The summed E-state index contributed by atoms with van der Waals surface area (Å²) in [5, 5.41) is 6.13. The van der Waals surface area contributed by atoms with Gasteiger partial charge in [-0.15, -0.1) is 0 Å². The van der Waals surface area contributed by atoms with E-state index in [1.54, 1.807) is 0 Å². The first-order valence-electron chi connectivity index (χ1n) is 5.45. The first-order chi connectivity index (χ1) is 7.65. The van der Waals surface area contributed by atoms with Gasteiger partial charge < -0.3 is 10.6 Å². The van der Waals surface area contributed by atoms with E-state index in [-0.39, 0.29) is 11.9 Å². The Morgan fingerprint density at radius 3 is 3.00 bits per heavy atom. The summed E-state index contributed by atoms with van der Waals surface area (Å²) in [5.74, 6) is 0.640. The lowest BCUT2D eigenvalue weighted by atomic mass is 10.1. The largest absolute Gasteiger partial charge is 0.325 e. The maximum Gasteiger partial charge on any atom is 0.241 e. The third-order valence-electron chi connectivity index (χ3n) is 2.76. The molecule has 1 aliphatic heterocycles. The normalized spacial score (nSPS) is 24.4. The van der Waals surface area contributed by atoms with Gasteiger partial charge in [0, 0.05) is 10.2 Å². The summed E-state index contributed by atoms with van der Waals surface area (Å²) in [5.41, 5.74) is 0.834. The summed E-state index contributed by atoms with van der Waals surface area (Å²) in [7, 11) is 0. The molecule has 0 aliphatic carbocycles. The van der Waals surface area contributed by atoms with E-state index in [1.165, 1.54) is 0 Å². The van der Waals surface area contributed by atoms with Crippen LogP contribution >= 0.6 is 15.9 Å². The summed E-state index contributed by atoms with van der Waals surface area (Å²) >= 11 is 3.38. The zero-order valence-corrected chi connectivity index (χ0v) is 10.8. The lowest BCUT2D eigenvalue weighted by Gasteiger charge is -2.11. The fraction of sp³-hybridized carbons (Fsp3) is 0.417. The molecular weight excluding hydrogens is 268 g/mol. The lowest BCUT2D eigenvalue weighted by Crippen LogP contribution is -2.35. The molecule has 0 saturated carbocycles. The van der Waals surface area contributed by atoms with Crippen LogP contribution in [0.3, 0.4) is 0 Å². The van der Waals surface area contributed by atoms with E-state index >= 15 is 0 Å². The molecule has 3 nitrogen and oxygen atoms in total. The SMILES string of the molecule is CC1CN[C@H](C(=O)Nc2cccc(Br)c2)C1. The Bertz CT molecular complexity index is 394. The van der Waals surface area contributed by atoms with Crippen molar-refractivity contribution in [2.75, 3.05) is 11.9 Å². The van der Waals surface area contributed by atoms with Crippen molar-refractivity contribution in [1.82, 2.24) is 5.32 Å². The van der Waals surface area contributed by atoms with Crippen LogP contribution in [0.1, 0.15) is 13.3 Å². The maximum absolute atomic E-state index is 11.9. The van der Waals surface area contributed by atoms with E-state index in [9.17, 15) is 4.79 Å². The predicted molar refractivity (Wildman–Crippen MR) is 68.3 cm³/mol. The number of anilines is 1. The summed E-state index contributed by atoms with van der Waals surface area (Å²) in [4.78, 5) is 11.9. The molecule has 1 fully saturated rings. The van der Waals surface area contributed by atoms with E-state index < -0.39 is 0 Å². The lowest BCUT2D eigenvalue weighted by molar-refractivity contribution is -0.117. The van der Waals surface area contributed by atoms with E-state index in [1.807, 2.05) is 24.3 Å². The minimum atomic E-state index is -0.0472. The average Bonchev–Trinajstić information content (AvgIpc) is 2.65. The number of carbonyl (C=O) groups is 1. The van der Waals surface area contributed by atoms with Crippen LogP contribution in [0.5, 0.6) is 0 Å². The first kappa shape index (κ1) is 11.6. The molecule has 2 N–H and O–H groups in total. The van der Waals surface area contributed by atoms with Crippen LogP contribution in [0, 0.1) is 5.92 Å². The van der Waals surface area contributed by atoms with Crippen LogP contribution in [0.15, 0.2) is 28.7 Å². The minimum Gasteiger partial charge on any atom is -0.325 e. The fourth-order valence-electron chi connectivity index (χ4n) is 1.91. The van der Waals surface area contributed by atoms with Crippen molar-refractivity contribution in [2.24, 2.45) is 5.92 Å². The Balaban J connectivity index is 1.97. The Kier molecular flexibility index (Phi) is 3.61. The van der Waals surface area contributed by atoms with E-state index in [0.717, 1.165) is 23.1 Å². The number of amides is 1. The van der Waals surface area contributed by atoms with Gasteiger partial charge in [-0.1, -0.05) is 28.9 Å². The number of benzene rings is 1. The number of hydrogen-bond donors (Lipinski definition) is 2. The fourth-order valence-corrected chi connectivity index (χ4v) is 2.31. The van der Waals surface area contributed by atoms with Gasteiger partial charge in [-0.25, -0.2) is 0 Å². The highest BCUT2D eigenvalue weighted by Gasteiger charge is 2.26. The molecule has 0 bridgehead atoms. The molecule has 0 spiro atoms. The molecule has 86 valence electrons. The Morgan fingerprint density at radius 2 is 2.38 bits per heavy atom. The second-order valence-corrected chi connectivity index (χ2v) is 5.22. The molecule has 1 unspecified atom stereocenters. The van der Waals surface area contributed by atoms with Crippen LogP contribution in [-0.2, 0) is 4.79 Å². The van der Waals surface area contributed by atoms with Gasteiger partial charge in [-0.05, 0) is 37.1 Å². The molecular formula is C12H15BrN2O. The molecule has 1 heterocycles. The average molecular weight is 283 g/mol. The second kappa shape index (κ2) is 4.97. The smallest absolute Gasteiger partial charge is 0.241 e. The highest BCUT2D eigenvalue weighted by molar-refractivity contribution is 9.10. The second-order valence-electron chi connectivity index (χ2n) is 4.30. The van der Waals surface area contributed by atoms with Crippen LogP contribution < -0.4 is 10.6 Å². The molecule has 1 aromatic carbocycles. The van der Waals surface area contributed by atoms with E-state index in [2.05, 4.69) is 33.5 Å². The van der Waals surface area contributed by atoms with Gasteiger partial charge in [0.1, 0.15) is 0 Å². The highest BCUT2D eigenvalue weighted by atomic mass is 79.9. The Labute approximate surface area is 104 Å². The topological polar surface area (TPSA) is 41.1 Å². The number of rotatable bonds is 2. The van der Waals surface area contributed by atoms with Crippen molar-refractivity contribution in [1.29, 1.82) is 0 Å². The number of hydrogen-bond acceptors (Lipinski definition) is 2. The van der Waals surface area contributed by atoms with Crippen LogP contribution in [0.2, 0.25) is 0 Å². The van der Waals surface area contributed by atoms with Crippen molar-refractivity contribution < 1.29 is 4.79 Å². The van der Waals surface area contributed by atoms with Gasteiger partial charge in [-0.2, -0.15) is 0 Å². The zero-order chi connectivity index (χ0) is 11.5. The molecule has 0 aromatic heterocycles.